The van der Waals surface area contributed by atoms with Crippen LogP contribution < -0.4 is 0 Å². The third-order valence-electron chi connectivity index (χ3n) is 8.51. The molecule has 24 heavy (non-hydrogen) atoms. The number of ketones is 2. The number of fused-ring (bicyclic) bond motifs is 5. The Balaban J connectivity index is 1.65. The molecule has 3 heteroatoms. The van der Waals surface area contributed by atoms with E-state index in [-0.39, 0.29) is 29.1 Å². The van der Waals surface area contributed by atoms with E-state index in [1.807, 2.05) is 6.08 Å². The number of carbonyl (C=O) groups excluding carboxylic acids is 2. The lowest BCUT2D eigenvalue weighted by Gasteiger charge is -2.58. The summed E-state index contributed by atoms with van der Waals surface area (Å²) in [5.41, 5.74) is 1.70. The smallest absolute Gasteiger partial charge is 0.161 e. The highest BCUT2D eigenvalue weighted by atomic mass is 16.3. The predicted octanol–water partition coefficient (Wildman–Crippen LogP) is 3.70. The van der Waals surface area contributed by atoms with Crippen molar-refractivity contribution in [1.82, 2.24) is 0 Å². The van der Waals surface area contributed by atoms with Gasteiger partial charge < -0.3 is 5.11 Å². The average Bonchev–Trinajstić information content (AvgIpc) is 2.92. The minimum absolute atomic E-state index is 0.0596. The minimum Gasteiger partial charge on any atom is -0.389 e. The van der Waals surface area contributed by atoms with Gasteiger partial charge in [0.15, 0.2) is 11.6 Å². The van der Waals surface area contributed by atoms with Crippen LogP contribution in [0.2, 0.25) is 0 Å². The van der Waals surface area contributed by atoms with Crippen molar-refractivity contribution in [2.45, 2.75) is 65.2 Å². The summed E-state index contributed by atoms with van der Waals surface area (Å²) in [6.07, 6.45) is 10.3. The maximum Gasteiger partial charge on any atom is 0.161 e. The van der Waals surface area contributed by atoms with Crippen molar-refractivity contribution in [2.24, 2.45) is 34.5 Å². The van der Waals surface area contributed by atoms with Crippen molar-refractivity contribution < 1.29 is 14.7 Å². The summed E-state index contributed by atoms with van der Waals surface area (Å²) >= 11 is 0. The van der Waals surface area contributed by atoms with Crippen LogP contribution in [0.1, 0.15) is 65.2 Å². The molecule has 0 aromatic rings. The summed E-state index contributed by atoms with van der Waals surface area (Å²) in [6.45, 7) is 4.42. The molecule has 0 unspecified atom stereocenters. The molecule has 132 valence electrons. The normalized spacial score (nSPS) is 47.5. The van der Waals surface area contributed by atoms with E-state index < -0.39 is 0 Å². The van der Waals surface area contributed by atoms with E-state index in [1.165, 1.54) is 18.4 Å². The number of aliphatic hydroxyl groups excluding tert-OH is 1. The quantitative estimate of drug-likeness (QED) is 0.840. The molecule has 0 aromatic carbocycles. The van der Waals surface area contributed by atoms with E-state index in [0.29, 0.717) is 30.0 Å². The molecule has 4 aliphatic carbocycles. The molecule has 3 nitrogen and oxygen atoms in total. The van der Waals surface area contributed by atoms with Crippen LogP contribution in [0.3, 0.4) is 0 Å². The Bertz CT molecular complexity index is 606. The van der Waals surface area contributed by atoms with Gasteiger partial charge in [0.05, 0.1) is 0 Å². The van der Waals surface area contributed by atoms with Crippen LogP contribution in [0.15, 0.2) is 11.6 Å². The van der Waals surface area contributed by atoms with E-state index in [1.54, 1.807) is 0 Å². The van der Waals surface area contributed by atoms with Crippen LogP contribution in [-0.2, 0) is 9.59 Å². The first-order valence-electron chi connectivity index (χ1n) is 9.77. The maximum atomic E-state index is 12.3. The third kappa shape index (κ3) is 2.13. The monoisotopic (exact) mass is 330 g/mol. The van der Waals surface area contributed by atoms with Gasteiger partial charge in [0, 0.05) is 12.3 Å². The summed E-state index contributed by atoms with van der Waals surface area (Å²) in [7, 11) is 0. The second-order valence-corrected chi connectivity index (χ2v) is 9.27. The predicted molar refractivity (Wildman–Crippen MR) is 92.3 cm³/mol. The molecule has 0 bridgehead atoms. The molecule has 1 N–H and O–H groups in total. The Hall–Kier alpha value is -0.960. The lowest BCUT2D eigenvalue weighted by molar-refractivity contribution is -0.133. The molecule has 0 amide bonds. The van der Waals surface area contributed by atoms with Crippen molar-refractivity contribution in [2.75, 3.05) is 6.61 Å². The van der Waals surface area contributed by atoms with Crippen LogP contribution in [0.5, 0.6) is 0 Å². The summed E-state index contributed by atoms with van der Waals surface area (Å²) in [4.78, 5) is 24.1. The van der Waals surface area contributed by atoms with Crippen molar-refractivity contribution >= 4 is 11.6 Å². The fourth-order valence-electron chi connectivity index (χ4n) is 7.20. The van der Waals surface area contributed by atoms with E-state index in [9.17, 15) is 14.7 Å². The van der Waals surface area contributed by atoms with Gasteiger partial charge in [0.1, 0.15) is 6.61 Å². The molecule has 0 spiro atoms. The van der Waals surface area contributed by atoms with Gasteiger partial charge in [0.2, 0.25) is 0 Å². The first-order chi connectivity index (χ1) is 11.4. The van der Waals surface area contributed by atoms with Gasteiger partial charge in [-0.25, -0.2) is 0 Å². The van der Waals surface area contributed by atoms with Gasteiger partial charge >= 0.3 is 0 Å². The summed E-state index contributed by atoms with van der Waals surface area (Å²) in [5.74, 6) is 2.42. The third-order valence-corrected chi connectivity index (χ3v) is 8.51. The lowest BCUT2D eigenvalue weighted by Crippen LogP contribution is -2.51. The Morgan fingerprint density at radius 1 is 1.12 bits per heavy atom. The number of Topliss-reactive ketones (excluding diaryl/α,β-unsaturated/α-hetero) is 1. The van der Waals surface area contributed by atoms with Crippen LogP contribution in [0.4, 0.5) is 0 Å². The Morgan fingerprint density at radius 2 is 1.92 bits per heavy atom. The van der Waals surface area contributed by atoms with E-state index in [0.717, 1.165) is 32.1 Å². The molecule has 3 fully saturated rings. The summed E-state index contributed by atoms with van der Waals surface area (Å²) in [5, 5.41) is 9.36. The van der Waals surface area contributed by atoms with Crippen molar-refractivity contribution in [3.63, 3.8) is 0 Å². The summed E-state index contributed by atoms with van der Waals surface area (Å²) < 4.78 is 0. The second kappa shape index (κ2) is 5.52. The van der Waals surface area contributed by atoms with E-state index >= 15 is 0 Å². The molecular weight excluding hydrogens is 300 g/mol. The fraction of sp³-hybridized carbons (Fsp3) is 0.810. The molecule has 0 aromatic heterocycles. The van der Waals surface area contributed by atoms with Gasteiger partial charge in [0.25, 0.3) is 0 Å². The lowest BCUT2D eigenvalue weighted by atomic mass is 9.46. The number of rotatable bonds is 2. The Kier molecular flexibility index (Phi) is 3.80. The average molecular weight is 330 g/mol. The van der Waals surface area contributed by atoms with Crippen LogP contribution >= 0.6 is 0 Å². The standard InChI is InChI=1S/C21H30O3/c1-20-9-7-14(23)11-13(20)3-4-15-16-5-6-18(19(24)12-22)21(16,2)10-8-17(15)20/h11,15-18,22H,3-10,12H2,1-2H3/t15-,16-,17-,18+,20+,21-/m0/s1. The molecule has 0 heterocycles. The van der Waals surface area contributed by atoms with Gasteiger partial charge in [-0.3, -0.25) is 9.59 Å². The van der Waals surface area contributed by atoms with Gasteiger partial charge in [-0.15, -0.1) is 0 Å². The largest absolute Gasteiger partial charge is 0.389 e. The molecule has 0 aliphatic heterocycles. The van der Waals surface area contributed by atoms with E-state index in [2.05, 4.69) is 13.8 Å². The molecule has 4 aliphatic rings. The summed E-state index contributed by atoms with van der Waals surface area (Å²) in [6, 6.07) is 0. The maximum absolute atomic E-state index is 12.3. The highest BCUT2D eigenvalue weighted by Crippen LogP contribution is 2.66. The first kappa shape index (κ1) is 16.5. The van der Waals surface area contributed by atoms with Crippen molar-refractivity contribution in [1.29, 1.82) is 0 Å². The highest BCUT2D eigenvalue weighted by Gasteiger charge is 2.59. The molecule has 4 rings (SSSR count). The number of hydrogen-bond acceptors (Lipinski definition) is 3. The Labute approximate surface area is 144 Å². The van der Waals surface area contributed by atoms with Crippen LogP contribution in [0.25, 0.3) is 0 Å². The molecule has 6 atom stereocenters. The molecule has 0 radical (unpaired) electrons. The fourth-order valence-corrected chi connectivity index (χ4v) is 7.20. The zero-order valence-electron chi connectivity index (χ0n) is 15.0. The van der Waals surface area contributed by atoms with E-state index in [4.69, 9.17) is 0 Å². The SMILES string of the molecule is C[C@]12CC[C@H]3[C@@H](CCC4=CC(=O)CC[C@]43C)[C@@H]1CC[C@@H]2C(=O)CO. The van der Waals surface area contributed by atoms with Crippen molar-refractivity contribution in [3.8, 4) is 0 Å². The zero-order valence-corrected chi connectivity index (χ0v) is 15.0. The molecule has 3 saturated carbocycles. The zero-order chi connectivity index (χ0) is 17.1. The Morgan fingerprint density at radius 3 is 2.67 bits per heavy atom. The molecular formula is C21H30O3. The number of aliphatic hydroxyl groups is 1. The second-order valence-electron chi connectivity index (χ2n) is 9.27. The number of hydrogen-bond donors (Lipinski definition) is 1. The highest BCUT2D eigenvalue weighted by molar-refractivity contribution is 5.91. The van der Waals surface area contributed by atoms with Crippen molar-refractivity contribution in [3.05, 3.63) is 11.6 Å². The van der Waals surface area contributed by atoms with Crippen LogP contribution in [0, 0.1) is 34.5 Å². The van der Waals surface area contributed by atoms with Gasteiger partial charge in [-0.1, -0.05) is 19.4 Å². The first-order valence-corrected chi connectivity index (χ1v) is 9.77. The number of carbonyl (C=O) groups is 2. The minimum atomic E-state index is -0.298. The van der Waals surface area contributed by atoms with Gasteiger partial charge in [-0.2, -0.15) is 0 Å². The van der Waals surface area contributed by atoms with Crippen LogP contribution in [-0.4, -0.2) is 23.3 Å². The topological polar surface area (TPSA) is 54.4 Å². The molecule has 0 saturated heterocycles. The van der Waals surface area contributed by atoms with Gasteiger partial charge in [-0.05, 0) is 79.6 Å². The number of allylic oxidation sites excluding steroid dienone is 1.